The van der Waals surface area contributed by atoms with Crippen molar-refractivity contribution in [3.05, 3.63) is 29.8 Å². The Morgan fingerprint density at radius 1 is 1.23 bits per heavy atom. The number of anilines is 1. The lowest BCUT2D eigenvalue weighted by Crippen LogP contribution is -2.22. The van der Waals surface area contributed by atoms with E-state index < -0.39 is 9.84 Å². The molecule has 0 N–H and O–H groups in total. The van der Waals surface area contributed by atoms with E-state index in [1.165, 1.54) is 0 Å². The molecule has 1 saturated carbocycles. The molecule has 0 saturated heterocycles. The second-order valence-electron chi connectivity index (χ2n) is 5.41. The lowest BCUT2D eigenvalue weighted by Gasteiger charge is -2.15. The predicted octanol–water partition coefficient (Wildman–Crippen LogP) is 2.59. The molecule has 1 aliphatic rings. The molecular formula is C15H18ClNO4S. The molecule has 0 aromatic heterocycles. The molecule has 0 aliphatic heterocycles. The number of sulfone groups is 1. The van der Waals surface area contributed by atoms with Crippen molar-refractivity contribution in [1.29, 1.82) is 0 Å². The predicted molar refractivity (Wildman–Crippen MR) is 85.8 cm³/mol. The average molecular weight is 344 g/mol. The largest absolute Gasteiger partial charge is 0.299 e. The van der Waals surface area contributed by atoms with Crippen LogP contribution >= 0.6 is 11.8 Å². The highest BCUT2D eigenvalue weighted by atomic mass is 35.5. The first-order valence-corrected chi connectivity index (χ1v) is 9.28. The molecule has 0 radical (unpaired) electrons. The van der Waals surface area contributed by atoms with E-state index in [9.17, 15) is 18.0 Å². The maximum atomic E-state index is 12.0. The van der Waals surface area contributed by atoms with Gasteiger partial charge in [0.2, 0.25) is 0 Å². The molecule has 0 unspecified atom stereocenters. The van der Waals surface area contributed by atoms with Crippen LogP contribution in [0, 0.1) is 5.92 Å². The maximum Gasteiger partial charge on any atom is 0.170 e. The Labute approximate surface area is 135 Å². The fourth-order valence-corrected chi connectivity index (χ4v) is 3.19. The molecule has 1 aromatic rings. The Balaban J connectivity index is 2.00. The van der Waals surface area contributed by atoms with Gasteiger partial charge in [0.15, 0.2) is 15.6 Å². The van der Waals surface area contributed by atoms with Crippen LogP contribution in [0.2, 0.25) is 0 Å². The Hall–Kier alpha value is -1.40. The smallest absolute Gasteiger partial charge is 0.170 e. The van der Waals surface area contributed by atoms with Crippen LogP contribution in [0.15, 0.2) is 24.3 Å². The van der Waals surface area contributed by atoms with Gasteiger partial charge in [0.1, 0.15) is 11.7 Å². The summed E-state index contributed by atoms with van der Waals surface area (Å²) < 4.78 is 24.2. The number of halogens is 1. The number of carbonyl (C=O) groups excluding carboxylic acids is 2. The SMILES string of the molecule is CCS(=O)(=O)CN(Cl)c1ccc(C(=O)CC(=O)C2CC2)cc1. The minimum Gasteiger partial charge on any atom is -0.299 e. The third kappa shape index (κ3) is 4.55. The summed E-state index contributed by atoms with van der Waals surface area (Å²) in [5.41, 5.74) is 0.921. The van der Waals surface area contributed by atoms with Gasteiger partial charge >= 0.3 is 0 Å². The normalized spacial score (nSPS) is 14.6. The van der Waals surface area contributed by atoms with Crippen molar-refractivity contribution in [2.24, 2.45) is 5.92 Å². The van der Waals surface area contributed by atoms with Gasteiger partial charge in [0.25, 0.3) is 0 Å². The molecule has 5 nitrogen and oxygen atoms in total. The number of ketones is 2. The third-order valence-corrected chi connectivity index (χ3v) is 5.57. The third-order valence-electron chi connectivity index (χ3n) is 3.59. The van der Waals surface area contributed by atoms with Crippen LogP contribution in [-0.4, -0.2) is 31.6 Å². The van der Waals surface area contributed by atoms with Crippen molar-refractivity contribution in [3.8, 4) is 0 Å². The number of rotatable bonds is 8. The summed E-state index contributed by atoms with van der Waals surface area (Å²) in [6.07, 6.45) is 1.70. The van der Waals surface area contributed by atoms with Crippen molar-refractivity contribution in [3.63, 3.8) is 0 Å². The van der Waals surface area contributed by atoms with Gasteiger partial charge in [-0.25, -0.2) is 8.42 Å². The number of hydrogen-bond donors (Lipinski definition) is 0. The maximum absolute atomic E-state index is 12.0. The van der Waals surface area contributed by atoms with Crippen molar-refractivity contribution in [2.75, 3.05) is 16.0 Å². The van der Waals surface area contributed by atoms with E-state index in [0.717, 1.165) is 17.3 Å². The molecule has 2 rings (SSSR count). The van der Waals surface area contributed by atoms with Crippen molar-refractivity contribution in [2.45, 2.75) is 26.2 Å². The molecule has 1 aromatic carbocycles. The summed E-state index contributed by atoms with van der Waals surface area (Å²) >= 11 is 5.95. The highest BCUT2D eigenvalue weighted by Crippen LogP contribution is 2.31. The summed E-state index contributed by atoms with van der Waals surface area (Å²) in [5.74, 6) is -0.428. The Morgan fingerprint density at radius 3 is 2.32 bits per heavy atom. The highest BCUT2D eigenvalue weighted by molar-refractivity contribution is 7.91. The molecule has 7 heteroatoms. The Kier molecular flexibility index (Phi) is 5.24. The summed E-state index contributed by atoms with van der Waals surface area (Å²) in [4.78, 5) is 23.6. The van der Waals surface area contributed by atoms with Gasteiger partial charge in [0, 0.05) is 29.0 Å². The summed E-state index contributed by atoms with van der Waals surface area (Å²) in [7, 11) is -3.23. The van der Waals surface area contributed by atoms with Crippen LogP contribution in [0.25, 0.3) is 0 Å². The van der Waals surface area contributed by atoms with E-state index in [-0.39, 0.29) is 35.5 Å². The number of hydrogen-bond acceptors (Lipinski definition) is 5. The van der Waals surface area contributed by atoms with E-state index in [4.69, 9.17) is 11.8 Å². The first-order chi connectivity index (χ1) is 10.3. The number of nitrogens with zero attached hydrogens (tertiary/aromatic N) is 1. The van der Waals surface area contributed by atoms with Crippen molar-refractivity contribution < 1.29 is 18.0 Å². The van der Waals surface area contributed by atoms with Gasteiger partial charge in [-0.1, -0.05) is 6.92 Å². The zero-order chi connectivity index (χ0) is 16.3. The molecule has 0 atom stereocenters. The van der Waals surface area contributed by atoms with Gasteiger partial charge < -0.3 is 0 Å². The van der Waals surface area contributed by atoms with Crippen LogP contribution in [0.3, 0.4) is 0 Å². The van der Waals surface area contributed by atoms with E-state index in [2.05, 4.69) is 0 Å². The summed E-state index contributed by atoms with van der Waals surface area (Å²) in [6.45, 7) is 1.55. The minimum atomic E-state index is -3.23. The van der Waals surface area contributed by atoms with Crippen LogP contribution in [0.4, 0.5) is 5.69 Å². The molecular weight excluding hydrogens is 326 g/mol. The second kappa shape index (κ2) is 6.79. The van der Waals surface area contributed by atoms with Crippen LogP contribution in [0.5, 0.6) is 0 Å². The van der Waals surface area contributed by atoms with E-state index in [1.54, 1.807) is 31.2 Å². The Bertz CT molecular complexity index is 665. The van der Waals surface area contributed by atoms with Gasteiger partial charge in [0.05, 0.1) is 12.1 Å². The summed E-state index contributed by atoms with van der Waals surface area (Å²) in [6, 6.07) is 6.28. The standard InChI is InChI=1S/C15H18ClNO4S/c1-2-22(20,21)10-17(16)13-7-5-12(6-8-13)15(19)9-14(18)11-3-4-11/h5-8,11H,2-4,9-10H2,1H3. The lowest BCUT2D eigenvalue weighted by molar-refractivity contribution is -0.119. The molecule has 0 heterocycles. The molecule has 0 bridgehead atoms. The molecule has 22 heavy (non-hydrogen) atoms. The fraction of sp³-hybridized carbons (Fsp3) is 0.467. The second-order valence-corrected chi connectivity index (χ2v) is 8.14. The first kappa shape index (κ1) is 17.0. The van der Waals surface area contributed by atoms with Crippen LogP contribution < -0.4 is 4.42 Å². The minimum absolute atomic E-state index is 0.00193. The first-order valence-electron chi connectivity index (χ1n) is 7.12. The van der Waals surface area contributed by atoms with Gasteiger partial charge in [-0.15, -0.1) is 0 Å². The summed E-state index contributed by atoms with van der Waals surface area (Å²) in [5, 5.41) is 0. The monoisotopic (exact) mass is 343 g/mol. The van der Waals surface area contributed by atoms with Gasteiger partial charge in [-0.2, -0.15) is 0 Å². The molecule has 1 fully saturated rings. The zero-order valence-electron chi connectivity index (χ0n) is 12.3. The van der Waals surface area contributed by atoms with E-state index >= 15 is 0 Å². The Morgan fingerprint density at radius 2 is 1.82 bits per heavy atom. The zero-order valence-corrected chi connectivity index (χ0v) is 13.9. The molecule has 1 aliphatic carbocycles. The van der Waals surface area contributed by atoms with Gasteiger partial charge in [-0.05, 0) is 37.1 Å². The van der Waals surface area contributed by atoms with Gasteiger partial charge in [-0.3, -0.25) is 14.0 Å². The van der Waals surface area contributed by atoms with Crippen LogP contribution in [0.1, 0.15) is 36.5 Å². The molecule has 0 spiro atoms. The number of carbonyl (C=O) groups is 2. The van der Waals surface area contributed by atoms with Crippen molar-refractivity contribution in [1.82, 2.24) is 0 Å². The average Bonchev–Trinajstić information content (AvgIpc) is 3.31. The van der Waals surface area contributed by atoms with Crippen LogP contribution in [-0.2, 0) is 14.6 Å². The lowest BCUT2D eigenvalue weighted by atomic mass is 10.0. The topological polar surface area (TPSA) is 71.5 Å². The van der Waals surface area contributed by atoms with Crippen molar-refractivity contribution >= 4 is 38.9 Å². The van der Waals surface area contributed by atoms with E-state index in [1.807, 2.05) is 0 Å². The molecule has 120 valence electrons. The quantitative estimate of drug-likeness (QED) is 0.412. The molecule has 0 amide bonds. The highest BCUT2D eigenvalue weighted by Gasteiger charge is 2.30. The van der Waals surface area contributed by atoms with E-state index in [0.29, 0.717) is 11.3 Å². The number of benzene rings is 1. The fourth-order valence-electron chi connectivity index (χ4n) is 1.96. The number of Topliss-reactive ketones (excluding diaryl/α,β-unsaturated/α-hetero) is 2.